The highest BCUT2D eigenvalue weighted by Gasteiger charge is 2.13. The van der Waals surface area contributed by atoms with Crippen LogP contribution in [0.2, 0.25) is 5.15 Å². The Kier molecular flexibility index (Phi) is 4.44. The first-order valence-electron chi connectivity index (χ1n) is 5.41. The van der Waals surface area contributed by atoms with Gasteiger partial charge >= 0.3 is 0 Å². The highest BCUT2D eigenvalue weighted by molar-refractivity contribution is 9.10. The molecule has 1 aromatic heterocycles. The van der Waals surface area contributed by atoms with E-state index in [0.717, 1.165) is 42.6 Å². The van der Waals surface area contributed by atoms with Crippen molar-refractivity contribution in [1.29, 1.82) is 0 Å². The number of nitrogens with one attached hydrogen (secondary N) is 1. The number of hydrogen-bond donors (Lipinski definition) is 1. The Balaban J connectivity index is 2.04. The van der Waals surface area contributed by atoms with Gasteiger partial charge in [0.15, 0.2) is 5.15 Å². The summed E-state index contributed by atoms with van der Waals surface area (Å²) in [6, 6.07) is 2.39. The quantitative estimate of drug-likeness (QED) is 0.850. The largest absolute Gasteiger partial charge is 0.381 e. The third kappa shape index (κ3) is 3.34. The lowest BCUT2D eigenvalue weighted by molar-refractivity contribution is 0.144. The van der Waals surface area contributed by atoms with Gasteiger partial charge in [0.1, 0.15) is 0 Å². The van der Waals surface area contributed by atoms with Gasteiger partial charge in [-0.25, -0.2) is 4.98 Å². The molecule has 1 N–H and O–H groups in total. The SMILES string of the molecule is Clc1ncc(Br)cc1NC1CCCOCC1. The maximum absolute atomic E-state index is 6.03. The molecular formula is C11H14BrClN2O. The first kappa shape index (κ1) is 12.1. The van der Waals surface area contributed by atoms with Crippen molar-refractivity contribution in [1.82, 2.24) is 4.98 Å². The van der Waals surface area contributed by atoms with E-state index in [2.05, 4.69) is 26.2 Å². The smallest absolute Gasteiger partial charge is 0.152 e. The van der Waals surface area contributed by atoms with Gasteiger partial charge in [-0.05, 0) is 41.3 Å². The summed E-state index contributed by atoms with van der Waals surface area (Å²) in [7, 11) is 0. The van der Waals surface area contributed by atoms with Crippen LogP contribution < -0.4 is 5.32 Å². The van der Waals surface area contributed by atoms with Gasteiger partial charge in [0.05, 0.1) is 5.69 Å². The molecule has 0 saturated carbocycles. The van der Waals surface area contributed by atoms with Gasteiger partial charge in [0, 0.05) is 29.9 Å². The van der Waals surface area contributed by atoms with Crippen molar-refractivity contribution in [3.05, 3.63) is 21.9 Å². The molecule has 1 aliphatic rings. The second-order valence-electron chi connectivity index (χ2n) is 3.88. The Labute approximate surface area is 109 Å². The Morgan fingerprint density at radius 1 is 1.44 bits per heavy atom. The molecule has 3 nitrogen and oxygen atoms in total. The minimum absolute atomic E-state index is 0.427. The van der Waals surface area contributed by atoms with Crippen LogP contribution >= 0.6 is 27.5 Å². The summed E-state index contributed by atoms with van der Waals surface area (Å²) in [5, 5.41) is 3.95. The average molecular weight is 306 g/mol. The summed E-state index contributed by atoms with van der Waals surface area (Å²) in [4.78, 5) is 4.09. The number of rotatable bonds is 2. The molecule has 1 unspecified atom stereocenters. The second kappa shape index (κ2) is 5.84. The van der Waals surface area contributed by atoms with Crippen LogP contribution in [0, 0.1) is 0 Å². The van der Waals surface area contributed by atoms with Gasteiger partial charge in [-0.2, -0.15) is 0 Å². The highest BCUT2D eigenvalue weighted by atomic mass is 79.9. The predicted octanol–water partition coefficient (Wildman–Crippen LogP) is 3.48. The maximum Gasteiger partial charge on any atom is 0.152 e. The third-order valence-corrected chi connectivity index (χ3v) is 3.35. The summed E-state index contributed by atoms with van der Waals surface area (Å²) in [5.74, 6) is 0. The Morgan fingerprint density at radius 3 is 3.19 bits per heavy atom. The molecule has 1 aliphatic heterocycles. The van der Waals surface area contributed by atoms with Crippen LogP contribution in [0.5, 0.6) is 0 Å². The van der Waals surface area contributed by atoms with E-state index in [9.17, 15) is 0 Å². The molecule has 0 aromatic carbocycles. The van der Waals surface area contributed by atoms with E-state index in [1.807, 2.05) is 6.07 Å². The minimum atomic E-state index is 0.427. The standard InChI is InChI=1S/C11H14BrClN2O/c12-8-6-10(11(13)14-7-8)15-9-2-1-4-16-5-3-9/h6-7,9,15H,1-5H2. The van der Waals surface area contributed by atoms with E-state index in [-0.39, 0.29) is 0 Å². The van der Waals surface area contributed by atoms with Crippen LogP contribution in [-0.2, 0) is 4.74 Å². The van der Waals surface area contributed by atoms with E-state index in [0.29, 0.717) is 11.2 Å². The monoisotopic (exact) mass is 304 g/mol. The fourth-order valence-electron chi connectivity index (χ4n) is 1.79. The number of pyridine rings is 1. The molecular weight excluding hydrogens is 291 g/mol. The lowest BCUT2D eigenvalue weighted by atomic mass is 10.1. The number of halogens is 2. The zero-order valence-corrected chi connectivity index (χ0v) is 11.2. The van der Waals surface area contributed by atoms with Crippen molar-refractivity contribution in [2.24, 2.45) is 0 Å². The summed E-state index contributed by atoms with van der Waals surface area (Å²) >= 11 is 9.42. The minimum Gasteiger partial charge on any atom is -0.381 e. The van der Waals surface area contributed by atoms with Gasteiger partial charge in [0.25, 0.3) is 0 Å². The lowest BCUT2D eigenvalue weighted by Crippen LogP contribution is -2.19. The Bertz CT molecular complexity index is 354. The first-order valence-corrected chi connectivity index (χ1v) is 6.58. The third-order valence-electron chi connectivity index (χ3n) is 2.62. The molecule has 5 heteroatoms. The summed E-state index contributed by atoms with van der Waals surface area (Å²) < 4.78 is 6.35. The molecule has 0 spiro atoms. The summed E-state index contributed by atoms with van der Waals surface area (Å²) in [6.07, 6.45) is 4.92. The molecule has 0 amide bonds. The van der Waals surface area contributed by atoms with E-state index in [4.69, 9.17) is 16.3 Å². The topological polar surface area (TPSA) is 34.2 Å². The van der Waals surface area contributed by atoms with Crippen molar-refractivity contribution >= 4 is 33.2 Å². The number of ether oxygens (including phenoxy) is 1. The van der Waals surface area contributed by atoms with Crippen LogP contribution in [0.4, 0.5) is 5.69 Å². The number of anilines is 1. The van der Waals surface area contributed by atoms with Crippen molar-refractivity contribution in [3.63, 3.8) is 0 Å². The van der Waals surface area contributed by atoms with Crippen molar-refractivity contribution in [3.8, 4) is 0 Å². The van der Waals surface area contributed by atoms with E-state index in [1.54, 1.807) is 6.20 Å². The van der Waals surface area contributed by atoms with Crippen LogP contribution in [0.1, 0.15) is 19.3 Å². The molecule has 88 valence electrons. The van der Waals surface area contributed by atoms with Crippen molar-refractivity contribution in [2.75, 3.05) is 18.5 Å². The molecule has 2 rings (SSSR count). The van der Waals surface area contributed by atoms with Gasteiger partial charge in [0.2, 0.25) is 0 Å². The summed E-state index contributed by atoms with van der Waals surface area (Å²) in [6.45, 7) is 1.68. The molecule has 0 bridgehead atoms. The molecule has 1 atom stereocenters. The van der Waals surface area contributed by atoms with E-state index < -0.39 is 0 Å². The Hall–Kier alpha value is -0.320. The predicted molar refractivity (Wildman–Crippen MR) is 69.0 cm³/mol. The number of hydrogen-bond acceptors (Lipinski definition) is 3. The molecule has 0 radical (unpaired) electrons. The average Bonchev–Trinajstić information content (AvgIpc) is 2.52. The molecule has 1 saturated heterocycles. The molecule has 16 heavy (non-hydrogen) atoms. The van der Waals surface area contributed by atoms with Crippen LogP contribution in [-0.4, -0.2) is 24.2 Å². The Morgan fingerprint density at radius 2 is 2.31 bits per heavy atom. The van der Waals surface area contributed by atoms with Crippen LogP contribution in [0.25, 0.3) is 0 Å². The fraction of sp³-hybridized carbons (Fsp3) is 0.545. The van der Waals surface area contributed by atoms with Gasteiger partial charge in [-0.1, -0.05) is 11.6 Å². The van der Waals surface area contributed by atoms with E-state index in [1.165, 1.54) is 0 Å². The molecule has 1 fully saturated rings. The molecule has 2 heterocycles. The fourth-order valence-corrected chi connectivity index (χ4v) is 2.28. The molecule has 1 aromatic rings. The van der Waals surface area contributed by atoms with Crippen LogP contribution in [0.15, 0.2) is 16.7 Å². The first-order chi connectivity index (χ1) is 7.75. The van der Waals surface area contributed by atoms with Crippen LogP contribution in [0.3, 0.4) is 0 Å². The highest BCUT2D eigenvalue weighted by Crippen LogP contribution is 2.25. The lowest BCUT2D eigenvalue weighted by Gasteiger charge is -2.17. The van der Waals surface area contributed by atoms with E-state index >= 15 is 0 Å². The zero-order valence-electron chi connectivity index (χ0n) is 8.88. The van der Waals surface area contributed by atoms with Gasteiger partial charge in [-0.3, -0.25) is 0 Å². The maximum atomic E-state index is 6.03. The number of nitrogens with zero attached hydrogens (tertiary/aromatic N) is 1. The second-order valence-corrected chi connectivity index (χ2v) is 5.15. The summed E-state index contributed by atoms with van der Waals surface area (Å²) in [5.41, 5.74) is 0.892. The normalized spacial score (nSPS) is 21.5. The van der Waals surface area contributed by atoms with Crippen molar-refractivity contribution in [2.45, 2.75) is 25.3 Å². The van der Waals surface area contributed by atoms with Gasteiger partial charge < -0.3 is 10.1 Å². The number of aromatic nitrogens is 1. The zero-order chi connectivity index (χ0) is 11.4. The van der Waals surface area contributed by atoms with Crippen molar-refractivity contribution < 1.29 is 4.74 Å². The molecule has 0 aliphatic carbocycles. The van der Waals surface area contributed by atoms with Gasteiger partial charge in [-0.15, -0.1) is 0 Å².